The van der Waals surface area contributed by atoms with Gasteiger partial charge in [0.25, 0.3) is 0 Å². The average Bonchev–Trinajstić information content (AvgIpc) is 2.63. The lowest BCUT2D eigenvalue weighted by Crippen LogP contribution is -2.24. The van der Waals surface area contributed by atoms with Crippen molar-refractivity contribution < 1.29 is 13.9 Å². The molecule has 0 unspecified atom stereocenters. The first-order valence-electron chi connectivity index (χ1n) is 8.33. The van der Waals surface area contributed by atoms with Gasteiger partial charge >= 0.3 is 5.63 Å². The normalized spacial score (nSPS) is 12.1. The first-order valence-corrected chi connectivity index (χ1v) is 8.33. The zero-order chi connectivity index (χ0) is 18.0. The largest absolute Gasteiger partial charge is 0.482 e. The molecule has 128 valence electrons. The van der Waals surface area contributed by atoms with E-state index in [2.05, 4.69) is 0 Å². The summed E-state index contributed by atoms with van der Waals surface area (Å²) in [6.45, 7) is 5.55. The van der Waals surface area contributed by atoms with E-state index in [0.717, 1.165) is 22.9 Å². The zero-order valence-electron chi connectivity index (χ0n) is 14.5. The molecule has 1 aromatic heterocycles. The maximum atomic E-state index is 12.5. The molecule has 3 aromatic rings. The Bertz CT molecular complexity index is 970. The van der Waals surface area contributed by atoms with Gasteiger partial charge in [-0.25, -0.2) is 4.79 Å². The SMILES string of the molecule is CCc1cc(=O)oc2c(C)c(O[C@H](C)C(=O)c3ccccc3)ccc12. The Morgan fingerprint density at radius 1 is 1.16 bits per heavy atom. The third-order valence-corrected chi connectivity index (χ3v) is 4.31. The molecule has 0 amide bonds. The number of carbonyl (C=O) groups is 1. The number of ether oxygens (including phenoxy) is 1. The fourth-order valence-electron chi connectivity index (χ4n) is 2.91. The van der Waals surface area contributed by atoms with Crippen molar-refractivity contribution in [2.75, 3.05) is 0 Å². The van der Waals surface area contributed by atoms with Gasteiger partial charge in [0, 0.05) is 22.6 Å². The van der Waals surface area contributed by atoms with Crippen molar-refractivity contribution in [1.29, 1.82) is 0 Å². The van der Waals surface area contributed by atoms with Gasteiger partial charge in [-0.1, -0.05) is 37.3 Å². The smallest absolute Gasteiger partial charge is 0.336 e. The molecule has 4 heteroatoms. The van der Waals surface area contributed by atoms with Gasteiger partial charge < -0.3 is 9.15 Å². The highest BCUT2D eigenvalue weighted by atomic mass is 16.5. The Labute approximate surface area is 146 Å². The average molecular weight is 336 g/mol. The van der Waals surface area contributed by atoms with E-state index >= 15 is 0 Å². The first-order chi connectivity index (χ1) is 12.0. The van der Waals surface area contributed by atoms with Gasteiger partial charge in [-0.2, -0.15) is 0 Å². The minimum absolute atomic E-state index is 0.0936. The Balaban J connectivity index is 1.95. The number of Topliss-reactive ketones (excluding diaryl/α,β-unsaturated/α-hetero) is 1. The van der Waals surface area contributed by atoms with Crippen molar-refractivity contribution in [3.8, 4) is 5.75 Å². The van der Waals surface area contributed by atoms with Crippen molar-refractivity contribution in [1.82, 2.24) is 0 Å². The molecule has 25 heavy (non-hydrogen) atoms. The minimum atomic E-state index is -0.639. The molecule has 0 bridgehead atoms. The number of hydrogen-bond acceptors (Lipinski definition) is 4. The molecule has 1 heterocycles. The van der Waals surface area contributed by atoms with Crippen LogP contribution in [0.4, 0.5) is 0 Å². The van der Waals surface area contributed by atoms with Crippen LogP contribution in [0.1, 0.15) is 35.3 Å². The van der Waals surface area contributed by atoms with Gasteiger partial charge in [0.2, 0.25) is 5.78 Å². The molecule has 0 N–H and O–H groups in total. The summed E-state index contributed by atoms with van der Waals surface area (Å²) in [5.74, 6) is 0.449. The van der Waals surface area contributed by atoms with E-state index in [1.54, 1.807) is 19.1 Å². The number of ketones is 1. The number of aryl methyl sites for hydroxylation is 2. The van der Waals surface area contributed by atoms with E-state index in [1.807, 2.05) is 44.2 Å². The van der Waals surface area contributed by atoms with Crippen molar-refractivity contribution in [2.24, 2.45) is 0 Å². The summed E-state index contributed by atoms with van der Waals surface area (Å²) in [6, 6.07) is 14.3. The van der Waals surface area contributed by atoms with Crippen molar-refractivity contribution in [2.45, 2.75) is 33.3 Å². The molecule has 0 radical (unpaired) electrons. The van der Waals surface area contributed by atoms with Crippen LogP contribution in [0.15, 0.2) is 57.7 Å². The van der Waals surface area contributed by atoms with Gasteiger partial charge in [-0.3, -0.25) is 4.79 Å². The van der Waals surface area contributed by atoms with Crippen LogP contribution < -0.4 is 10.4 Å². The van der Waals surface area contributed by atoms with Crippen LogP contribution in [-0.2, 0) is 6.42 Å². The van der Waals surface area contributed by atoms with Gasteiger partial charge in [0.05, 0.1) is 0 Å². The molecule has 0 spiro atoms. The predicted molar refractivity (Wildman–Crippen MR) is 97.5 cm³/mol. The third-order valence-electron chi connectivity index (χ3n) is 4.31. The minimum Gasteiger partial charge on any atom is -0.482 e. The fraction of sp³-hybridized carbons (Fsp3) is 0.238. The summed E-state index contributed by atoms with van der Waals surface area (Å²) in [5.41, 5.74) is 2.40. The summed E-state index contributed by atoms with van der Waals surface area (Å²) in [5, 5.41) is 0.897. The predicted octanol–water partition coefficient (Wildman–Crippen LogP) is 4.31. The lowest BCUT2D eigenvalue weighted by atomic mass is 10.0. The molecule has 0 aliphatic carbocycles. The highest BCUT2D eigenvalue weighted by Crippen LogP contribution is 2.29. The summed E-state index contributed by atoms with van der Waals surface area (Å²) in [4.78, 5) is 24.3. The Morgan fingerprint density at radius 3 is 2.56 bits per heavy atom. The molecule has 0 aliphatic heterocycles. The van der Waals surface area contributed by atoms with Crippen LogP contribution >= 0.6 is 0 Å². The number of hydrogen-bond donors (Lipinski definition) is 0. The molecule has 0 saturated heterocycles. The van der Waals surface area contributed by atoms with E-state index in [4.69, 9.17) is 9.15 Å². The van der Waals surface area contributed by atoms with Crippen molar-refractivity contribution in [3.63, 3.8) is 0 Å². The monoisotopic (exact) mass is 336 g/mol. The van der Waals surface area contributed by atoms with Crippen LogP contribution in [0, 0.1) is 6.92 Å². The third kappa shape index (κ3) is 3.33. The molecule has 0 saturated carbocycles. The lowest BCUT2D eigenvalue weighted by molar-refractivity contribution is 0.0817. The Morgan fingerprint density at radius 2 is 1.88 bits per heavy atom. The fourth-order valence-corrected chi connectivity index (χ4v) is 2.91. The second-order valence-corrected chi connectivity index (χ2v) is 6.00. The quantitative estimate of drug-likeness (QED) is 0.514. The molecule has 4 nitrogen and oxygen atoms in total. The zero-order valence-corrected chi connectivity index (χ0v) is 14.5. The number of fused-ring (bicyclic) bond motifs is 1. The lowest BCUT2D eigenvalue weighted by Gasteiger charge is -2.16. The van der Waals surface area contributed by atoms with E-state index < -0.39 is 6.10 Å². The molecule has 3 rings (SSSR count). The number of rotatable bonds is 5. The van der Waals surface area contributed by atoms with E-state index in [-0.39, 0.29) is 11.4 Å². The standard InChI is InChI=1S/C21H20O4/c1-4-15-12-19(22)25-21-13(2)18(11-10-17(15)21)24-14(3)20(23)16-8-6-5-7-9-16/h5-12,14H,4H2,1-3H3/t14-/m1/s1. The van der Waals surface area contributed by atoms with Crippen LogP contribution in [0.2, 0.25) is 0 Å². The highest BCUT2D eigenvalue weighted by Gasteiger charge is 2.19. The van der Waals surface area contributed by atoms with E-state index in [1.165, 1.54) is 6.07 Å². The summed E-state index contributed by atoms with van der Waals surface area (Å²) in [7, 11) is 0. The van der Waals surface area contributed by atoms with Crippen LogP contribution in [0.3, 0.4) is 0 Å². The van der Waals surface area contributed by atoms with Gasteiger partial charge in [-0.15, -0.1) is 0 Å². The van der Waals surface area contributed by atoms with E-state index in [0.29, 0.717) is 16.9 Å². The molecule has 2 aromatic carbocycles. The molecular formula is C21H20O4. The van der Waals surface area contributed by atoms with Crippen molar-refractivity contribution in [3.05, 3.63) is 75.6 Å². The maximum absolute atomic E-state index is 12.5. The summed E-state index contributed by atoms with van der Waals surface area (Å²) in [6.07, 6.45) is 0.101. The highest BCUT2D eigenvalue weighted by molar-refractivity contribution is 5.99. The van der Waals surface area contributed by atoms with Gasteiger partial charge in [-0.05, 0) is 38.0 Å². The van der Waals surface area contributed by atoms with Gasteiger partial charge in [0.15, 0.2) is 6.10 Å². The van der Waals surface area contributed by atoms with Gasteiger partial charge in [0.1, 0.15) is 11.3 Å². The second-order valence-electron chi connectivity index (χ2n) is 6.00. The van der Waals surface area contributed by atoms with Crippen LogP contribution in [0.25, 0.3) is 11.0 Å². The van der Waals surface area contributed by atoms with Crippen molar-refractivity contribution >= 4 is 16.8 Å². The second kappa shape index (κ2) is 6.93. The Hall–Kier alpha value is -2.88. The molecule has 0 fully saturated rings. The molecule has 0 aliphatic rings. The maximum Gasteiger partial charge on any atom is 0.336 e. The molecular weight excluding hydrogens is 316 g/mol. The summed E-state index contributed by atoms with van der Waals surface area (Å²) >= 11 is 0. The Kier molecular flexibility index (Phi) is 4.70. The molecule has 1 atom stereocenters. The van der Waals surface area contributed by atoms with Crippen LogP contribution in [-0.4, -0.2) is 11.9 Å². The number of carbonyl (C=O) groups excluding carboxylic acids is 1. The van der Waals surface area contributed by atoms with E-state index in [9.17, 15) is 9.59 Å². The topological polar surface area (TPSA) is 56.5 Å². The number of benzene rings is 2. The van der Waals surface area contributed by atoms with Crippen LogP contribution in [0.5, 0.6) is 5.75 Å². The summed E-state index contributed by atoms with van der Waals surface area (Å²) < 4.78 is 11.3. The first kappa shape index (κ1) is 17.0.